The normalized spacial score (nSPS) is 14.4. The third-order valence-corrected chi connectivity index (χ3v) is 1.87. The van der Waals surface area contributed by atoms with Gasteiger partial charge in [0.2, 0.25) is 0 Å². The molecule has 0 aromatic carbocycles. The van der Waals surface area contributed by atoms with Gasteiger partial charge in [0.05, 0.1) is 6.21 Å². The number of hydrogen-bond donors (Lipinski definition) is 1. The molecule has 0 rings (SSSR count). The summed E-state index contributed by atoms with van der Waals surface area (Å²) in [6.07, 6.45) is 3.18. The smallest absolute Gasteiger partial charge is 0.133 e. The molecule has 0 aromatic heterocycles. The first-order valence-corrected chi connectivity index (χ1v) is 4.66. The van der Waals surface area contributed by atoms with E-state index in [-0.39, 0.29) is 6.10 Å². The van der Waals surface area contributed by atoms with Crippen molar-refractivity contribution in [3.8, 4) is 0 Å². The fourth-order valence-electron chi connectivity index (χ4n) is 1.02. The molecule has 1 N–H and O–H groups in total. The van der Waals surface area contributed by atoms with Crippen molar-refractivity contribution in [2.45, 2.75) is 26.9 Å². The number of rotatable bonds is 6. The summed E-state index contributed by atoms with van der Waals surface area (Å²) in [5.41, 5.74) is 0. The Bertz CT molecular complexity index is 178. The molecular formula is C10H20N2O. The summed E-state index contributed by atoms with van der Waals surface area (Å²) in [5, 5.41) is 7.05. The minimum Gasteiger partial charge on any atom is -0.488 e. The summed E-state index contributed by atoms with van der Waals surface area (Å²) in [4.78, 5) is 2.18. The fraction of sp³-hybridized carbons (Fsp3) is 0.700. The molecule has 0 aliphatic carbocycles. The molecular weight excluding hydrogens is 164 g/mol. The predicted molar refractivity (Wildman–Crippen MR) is 56.3 cm³/mol. The Labute approximate surface area is 80.9 Å². The van der Waals surface area contributed by atoms with Gasteiger partial charge >= 0.3 is 0 Å². The number of nitrogens with zero attached hydrogens (tertiary/aromatic N) is 1. The van der Waals surface area contributed by atoms with Gasteiger partial charge in [0.15, 0.2) is 0 Å². The van der Waals surface area contributed by atoms with Crippen LogP contribution in [0.25, 0.3) is 0 Å². The molecule has 0 unspecified atom stereocenters. The zero-order chi connectivity index (χ0) is 10.3. The number of nitrogens with one attached hydrogen (secondary N) is 1. The minimum absolute atomic E-state index is 0.137. The third kappa shape index (κ3) is 5.42. The van der Waals surface area contributed by atoms with Gasteiger partial charge < -0.3 is 15.0 Å². The van der Waals surface area contributed by atoms with Crippen LogP contribution in [0.3, 0.4) is 0 Å². The van der Waals surface area contributed by atoms with Crippen LogP contribution < -0.4 is 0 Å². The van der Waals surface area contributed by atoms with Crippen molar-refractivity contribution in [1.82, 2.24) is 4.90 Å². The molecule has 0 radical (unpaired) electrons. The number of allylic oxidation sites excluding steroid dienone is 2. The van der Waals surface area contributed by atoms with Gasteiger partial charge in [0, 0.05) is 6.54 Å². The molecule has 0 aliphatic rings. The van der Waals surface area contributed by atoms with Crippen molar-refractivity contribution in [3.05, 3.63) is 11.8 Å². The first-order valence-electron chi connectivity index (χ1n) is 4.66. The lowest BCUT2D eigenvalue weighted by molar-refractivity contribution is 0.110. The van der Waals surface area contributed by atoms with E-state index in [2.05, 4.69) is 18.9 Å². The van der Waals surface area contributed by atoms with Crippen LogP contribution in [0.2, 0.25) is 0 Å². The van der Waals surface area contributed by atoms with Crippen molar-refractivity contribution < 1.29 is 4.74 Å². The van der Waals surface area contributed by atoms with Crippen LogP contribution in [0, 0.1) is 5.41 Å². The minimum atomic E-state index is 0.137. The molecule has 0 amide bonds. The maximum absolute atomic E-state index is 7.05. The Morgan fingerprint density at radius 3 is 2.62 bits per heavy atom. The van der Waals surface area contributed by atoms with Gasteiger partial charge in [0.1, 0.15) is 11.9 Å². The van der Waals surface area contributed by atoms with E-state index in [1.165, 1.54) is 6.21 Å². The lowest BCUT2D eigenvalue weighted by atomic mass is 10.3. The third-order valence-electron chi connectivity index (χ3n) is 1.87. The van der Waals surface area contributed by atoms with E-state index in [4.69, 9.17) is 10.1 Å². The summed E-state index contributed by atoms with van der Waals surface area (Å²) in [7, 11) is 2.06. The highest BCUT2D eigenvalue weighted by Crippen LogP contribution is 2.01. The summed E-state index contributed by atoms with van der Waals surface area (Å²) in [6, 6.07) is 0. The van der Waals surface area contributed by atoms with Gasteiger partial charge in [-0.2, -0.15) is 0 Å². The zero-order valence-electron chi connectivity index (χ0n) is 9.00. The zero-order valence-corrected chi connectivity index (χ0v) is 9.00. The van der Waals surface area contributed by atoms with Gasteiger partial charge in [0.25, 0.3) is 0 Å². The van der Waals surface area contributed by atoms with Crippen LogP contribution in [0.15, 0.2) is 11.8 Å². The van der Waals surface area contributed by atoms with E-state index < -0.39 is 0 Å². The van der Waals surface area contributed by atoms with E-state index in [1.54, 1.807) is 6.08 Å². The Hall–Kier alpha value is -0.830. The van der Waals surface area contributed by atoms with Crippen molar-refractivity contribution in [3.63, 3.8) is 0 Å². The maximum Gasteiger partial charge on any atom is 0.133 e. The molecule has 0 heterocycles. The molecule has 13 heavy (non-hydrogen) atoms. The van der Waals surface area contributed by atoms with Gasteiger partial charge in [-0.1, -0.05) is 6.92 Å². The average molecular weight is 184 g/mol. The quantitative estimate of drug-likeness (QED) is 0.505. The monoisotopic (exact) mass is 184 g/mol. The second-order valence-electron chi connectivity index (χ2n) is 3.12. The van der Waals surface area contributed by atoms with E-state index >= 15 is 0 Å². The number of hydrogen-bond acceptors (Lipinski definition) is 3. The molecule has 0 spiro atoms. The van der Waals surface area contributed by atoms with Crippen molar-refractivity contribution in [2.24, 2.45) is 0 Å². The summed E-state index contributed by atoms with van der Waals surface area (Å²) >= 11 is 0. The predicted octanol–water partition coefficient (Wildman–Crippen LogP) is 1.90. The Kier molecular flexibility index (Phi) is 6.24. The molecule has 0 aromatic rings. The number of ether oxygens (including phenoxy) is 1. The molecule has 1 atom stereocenters. The standard InChI is InChI=1S/C10H20N2O/c1-5-10(7-11)13-9(3)8-12(4)6-2/h5,7,9,11H,6,8H2,1-4H3/b10-5+,11-7?/t9-/m0/s1. The SMILES string of the molecule is C/C=C(\C=N)O[C@@H](C)CN(C)CC. The second-order valence-corrected chi connectivity index (χ2v) is 3.12. The van der Waals surface area contributed by atoms with E-state index in [0.717, 1.165) is 13.1 Å². The van der Waals surface area contributed by atoms with Gasteiger partial charge in [-0.25, -0.2) is 0 Å². The lowest BCUT2D eigenvalue weighted by Crippen LogP contribution is -2.28. The molecule has 0 saturated carbocycles. The lowest BCUT2D eigenvalue weighted by Gasteiger charge is -2.20. The first-order chi connectivity index (χ1) is 6.13. The van der Waals surface area contributed by atoms with Crippen molar-refractivity contribution in [1.29, 1.82) is 5.41 Å². The summed E-state index contributed by atoms with van der Waals surface area (Å²) in [5.74, 6) is 0.636. The van der Waals surface area contributed by atoms with Crippen LogP contribution in [-0.4, -0.2) is 37.4 Å². The molecule has 76 valence electrons. The second kappa shape index (κ2) is 6.66. The Balaban J connectivity index is 3.85. The largest absolute Gasteiger partial charge is 0.488 e. The number of likely N-dealkylation sites (N-methyl/N-ethyl adjacent to an activating group) is 1. The Morgan fingerprint density at radius 1 is 1.62 bits per heavy atom. The molecule has 0 saturated heterocycles. The van der Waals surface area contributed by atoms with Crippen LogP contribution in [-0.2, 0) is 4.74 Å². The Morgan fingerprint density at radius 2 is 2.23 bits per heavy atom. The van der Waals surface area contributed by atoms with Crippen LogP contribution >= 0.6 is 0 Å². The molecule has 0 fully saturated rings. The molecule has 3 heteroatoms. The van der Waals surface area contributed by atoms with E-state index in [1.807, 2.05) is 13.8 Å². The molecule has 0 aliphatic heterocycles. The highest BCUT2D eigenvalue weighted by Gasteiger charge is 2.06. The van der Waals surface area contributed by atoms with Crippen LogP contribution in [0.5, 0.6) is 0 Å². The van der Waals surface area contributed by atoms with Crippen LogP contribution in [0.4, 0.5) is 0 Å². The van der Waals surface area contributed by atoms with Crippen molar-refractivity contribution >= 4 is 6.21 Å². The van der Waals surface area contributed by atoms with Crippen molar-refractivity contribution in [2.75, 3.05) is 20.1 Å². The topological polar surface area (TPSA) is 36.3 Å². The first kappa shape index (κ1) is 12.2. The van der Waals surface area contributed by atoms with E-state index in [0.29, 0.717) is 5.76 Å². The van der Waals surface area contributed by atoms with Crippen LogP contribution in [0.1, 0.15) is 20.8 Å². The molecule has 3 nitrogen and oxygen atoms in total. The summed E-state index contributed by atoms with van der Waals surface area (Å²) in [6.45, 7) is 7.90. The summed E-state index contributed by atoms with van der Waals surface area (Å²) < 4.78 is 5.50. The highest BCUT2D eigenvalue weighted by atomic mass is 16.5. The van der Waals surface area contributed by atoms with E-state index in [9.17, 15) is 0 Å². The fourth-order valence-corrected chi connectivity index (χ4v) is 1.02. The highest BCUT2D eigenvalue weighted by molar-refractivity contribution is 5.72. The van der Waals surface area contributed by atoms with Gasteiger partial charge in [-0.05, 0) is 33.5 Å². The van der Waals surface area contributed by atoms with Gasteiger partial charge in [-0.15, -0.1) is 0 Å². The maximum atomic E-state index is 7.05. The average Bonchev–Trinajstić information content (AvgIpc) is 2.13. The molecule has 0 bridgehead atoms. The van der Waals surface area contributed by atoms with Gasteiger partial charge in [-0.3, -0.25) is 0 Å².